The van der Waals surface area contributed by atoms with Crippen molar-refractivity contribution in [1.29, 1.82) is 0 Å². The quantitative estimate of drug-likeness (QED) is 0.384. The van der Waals surface area contributed by atoms with Gasteiger partial charge in [-0.25, -0.2) is 26.9 Å². The van der Waals surface area contributed by atoms with E-state index < -0.39 is 16.4 Å². The number of alkyl halides is 3. The van der Waals surface area contributed by atoms with Gasteiger partial charge in [-0.2, -0.15) is 0 Å². The molecule has 0 amide bonds. The molecule has 0 unspecified atom stereocenters. The van der Waals surface area contributed by atoms with E-state index in [1.54, 1.807) is 36.5 Å². The van der Waals surface area contributed by atoms with Crippen LogP contribution in [-0.2, 0) is 10.0 Å². The van der Waals surface area contributed by atoms with Gasteiger partial charge in [-0.05, 0) is 48.2 Å². The molecule has 34 heavy (non-hydrogen) atoms. The third-order valence-corrected chi connectivity index (χ3v) is 6.73. The normalized spacial score (nSPS) is 13.8. The Morgan fingerprint density at radius 2 is 1.56 bits per heavy atom. The number of fused-ring (bicyclic) bond motifs is 1. The molecule has 0 aliphatic heterocycles. The first kappa shape index (κ1) is 29.6. The van der Waals surface area contributed by atoms with Crippen molar-refractivity contribution in [3.05, 3.63) is 48.3 Å². The van der Waals surface area contributed by atoms with Crippen LogP contribution in [0.2, 0.25) is 0 Å². The van der Waals surface area contributed by atoms with Gasteiger partial charge in [0.25, 0.3) is 6.43 Å². The zero-order valence-corrected chi connectivity index (χ0v) is 21.4. The summed E-state index contributed by atoms with van der Waals surface area (Å²) in [6, 6.07) is 9.59. The predicted molar refractivity (Wildman–Crippen MR) is 133 cm³/mol. The highest BCUT2D eigenvalue weighted by atomic mass is 32.2. The Morgan fingerprint density at radius 1 is 0.971 bits per heavy atom. The minimum atomic E-state index is -3.58. The number of hydrogen-bond acceptors (Lipinski definition) is 3. The van der Waals surface area contributed by atoms with Crippen LogP contribution in [0.5, 0.6) is 0 Å². The lowest BCUT2D eigenvalue weighted by atomic mass is 9.96. The maximum Gasteiger partial charge on any atom is 0.278 e. The van der Waals surface area contributed by atoms with Gasteiger partial charge in [0.15, 0.2) is 0 Å². The molecule has 1 saturated carbocycles. The average Bonchev–Trinajstić information content (AvgIpc) is 3.33. The number of nitrogens with zero attached hydrogens (tertiary/aromatic N) is 1. The van der Waals surface area contributed by atoms with Crippen molar-refractivity contribution in [2.75, 3.05) is 7.18 Å². The summed E-state index contributed by atoms with van der Waals surface area (Å²) in [6.07, 6.45) is 3.90. The zero-order valence-electron chi connectivity index (χ0n) is 20.5. The van der Waals surface area contributed by atoms with Gasteiger partial charge in [0, 0.05) is 17.6 Å². The third kappa shape index (κ3) is 7.56. The fraction of sp³-hybridized carbons (Fsp3) is 0.480. The van der Waals surface area contributed by atoms with E-state index >= 15 is 0 Å². The molecule has 4 rings (SSSR count). The van der Waals surface area contributed by atoms with Crippen LogP contribution in [-0.4, -0.2) is 31.6 Å². The van der Waals surface area contributed by atoms with Gasteiger partial charge in [0.05, 0.1) is 17.8 Å². The Labute approximate surface area is 201 Å². The Bertz CT molecular complexity index is 1080. The molecule has 1 fully saturated rings. The summed E-state index contributed by atoms with van der Waals surface area (Å²) in [7, 11) is -3.08. The van der Waals surface area contributed by atoms with Gasteiger partial charge in [0.2, 0.25) is 10.0 Å². The second-order valence-corrected chi connectivity index (χ2v) is 8.84. The second-order valence-electron chi connectivity index (χ2n) is 7.13. The van der Waals surface area contributed by atoms with Crippen molar-refractivity contribution in [3.63, 3.8) is 0 Å². The number of H-pyrrole nitrogens is 1. The van der Waals surface area contributed by atoms with Crippen molar-refractivity contribution in [2.24, 2.45) is 0 Å². The summed E-state index contributed by atoms with van der Waals surface area (Å²) in [5, 5.41) is 0.578. The number of rotatable bonds is 5. The standard InChI is InChI=1S/C20H21F2N3O2S.2C2H6.CH3F/c21-19(22)18-12-17-16(10-11-23-20(17)24-18)13-6-8-15(9-7-13)28(26,27)25-14-4-2-1-3-5-14;3*1-2/h6-12,14,19,25H,1-5H2,(H,23,24);2*1-2H3;1H3. The van der Waals surface area contributed by atoms with Gasteiger partial charge in [0.1, 0.15) is 5.65 Å². The number of benzene rings is 1. The molecule has 2 heterocycles. The van der Waals surface area contributed by atoms with Crippen molar-refractivity contribution >= 4 is 21.1 Å². The molecule has 0 atom stereocenters. The van der Waals surface area contributed by atoms with Crippen LogP contribution >= 0.6 is 0 Å². The van der Waals surface area contributed by atoms with Gasteiger partial charge in [-0.1, -0.05) is 59.1 Å². The number of aromatic amines is 1. The Morgan fingerprint density at radius 3 is 2.12 bits per heavy atom. The number of halogens is 3. The van der Waals surface area contributed by atoms with E-state index in [4.69, 9.17) is 0 Å². The van der Waals surface area contributed by atoms with Crippen molar-refractivity contribution < 1.29 is 21.6 Å². The lowest BCUT2D eigenvalue weighted by molar-refractivity contribution is 0.147. The molecule has 0 bridgehead atoms. The van der Waals surface area contributed by atoms with Crippen LogP contribution in [0.15, 0.2) is 47.5 Å². The van der Waals surface area contributed by atoms with E-state index in [-0.39, 0.29) is 16.6 Å². The highest BCUT2D eigenvalue weighted by Gasteiger charge is 2.22. The molecule has 0 spiro atoms. The third-order valence-electron chi connectivity index (χ3n) is 5.19. The SMILES string of the molecule is CC.CC.CF.O=S(=O)(NC1CCCCC1)c1ccc(-c2ccnc3[nH]c(C(F)F)cc23)cc1. The summed E-state index contributed by atoms with van der Waals surface area (Å²) in [4.78, 5) is 6.92. The molecule has 2 aromatic heterocycles. The number of hydrogen-bond donors (Lipinski definition) is 2. The summed E-state index contributed by atoms with van der Waals surface area (Å²) < 4.78 is 63.5. The Balaban J connectivity index is 0.000000894. The maximum atomic E-state index is 13.0. The molecule has 3 aromatic rings. The van der Waals surface area contributed by atoms with Gasteiger partial charge < -0.3 is 4.98 Å². The highest BCUT2D eigenvalue weighted by Crippen LogP contribution is 2.31. The van der Waals surface area contributed by atoms with Crippen molar-refractivity contribution in [1.82, 2.24) is 14.7 Å². The fourth-order valence-corrected chi connectivity index (χ4v) is 5.04. The van der Waals surface area contributed by atoms with Crippen molar-refractivity contribution in [3.8, 4) is 11.1 Å². The summed E-state index contributed by atoms with van der Waals surface area (Å²) in [6.45, 7) is 8.00. The first-order valence-electron chi connectivity index (χ1n) is 11.7. The van der Waals surface area contributed by atoms with E-state index in [0.717, 1.165) is 43.2 Å². The summed E-state index contributed by atoms with van der Waals surface area (Å²) in [5.41, 5.74) is 1.65. The Kier molecular flexibility index (Phi) is 12.9. The van der Waals surface area contributed by atoms with E-state index in [2.05, 4.69) is 14.7 Å². The number of aromatic nitrogens is 2. The zero-order chi connectivity index (χ0) is 25.7. The number of nitrogens with one attached hydrogen (secondary N) is 2. The molecule has 1 aliphatic rings. The van der Waals surface area contributed by atoms with Crippen LogP contribution in [0, 0.1) is 0 Å². The molecule has 5 nitrogen and oxygen atoms in total. The minimum absolute atomic E-state index is 0.00845. The number of pyridine rings is 1. The van der Waals surface area contributed by atoms with Crippen LogP contribution < -0.4 is 4.72 Å². The molecule has 0 radical (unpaired) electrons. The molecule has 0 saturated heterocycles. The second kappa shape index (κ2) is 14.8. The molecule has 9 heteroatoms. The maximum absolute atomic E-state index is 13.0. The van der Waals surface area contributed by atoms with Crippen molar-refractivity contribution in [2.45, 2.75) is 77.2 Å². The number of sulfonamides is 1. The molecular formula is C25H36F3N3O2S. The lowest BCUT2D eigenvalue weighted by Gasteiger charge is -2.22. The fourth-order valence-electron chi connectivity index (χ4n) is 3.74. The Hall–Kier alpha value is -2.39. The van der Waals surface area contributed by atoms with Crippen LogP contribution in [0.25, 0.3) is 22.2 Å². The van der Waals surface area contributed by atoms with Gasteiger partial charge in [-0.15, -0.1) is 0 Å². The molecule has 2 N–H and O–H groups in total. The highest BCUT2D eigenvalue weighted by molar-refractivity contribution is 7.89. The largest absolute Gasteiger partial charge is 0.338 e. The monoisotopic (exact) mass is 499 g/mol. The van der Waals surface area contributed by atoms with E-state index in [1.807, 2.05) is 27.7 Å². The average molecular weight is 500 g/mol. The molecular weight excluding hydrogens is 463 g/mol. The van der Waals surface area contributed by atoms with E-state index in [1.165, 1.54) is 6.07 Å². The van der Waals surface area contributed by atoms with Gasteiger partial charge >= 0.3 is 0 Å². The predicted octanol–water partition coefficient (Wildman–Crippen LogP) is 7.42. The van der Waals surface area contributed by atoms with E-state index in [0.29, 0.717) is 18.2 Å². The van der Waals surface area contributed by atoms with Crippen LogP contribution in [0.3, 0.4) is 0 Å². The van der Waals surface area contributed by atoms with Gasteiger partial charge in [-0.3, -0.25) is 4.39 Å². The first-order chi connectivity index (χ1) is 16.4. The lowest BCUT2D eigenvalue weighted by Crippen LogP contribution is -2.36. The van der Waals surface area contributed by atoms with Crippen LogP contribution in [0.1, 0.15) is 71.9 Å². The molecule has 190 valence electrons. The topological polar surface area (TPSA) is 74.8 Å². The first-order valence-corrected chi connectivity index (χ1v) is 13.2. The van der Waals surface area contributed by atoms with E-state index in [9.17, 15) is 21.6 Å². The summed E-state index contributed by atoms with van der Waals surface area (Å²) in [5.74, 6) is 0. The molecule has 1 aliphatic carbocycles. The van der Waals surface area contributed by atoms with Crippen LogP contribution in [0.4, 0.5) is 13.2 Å². The molecule has 1 aromatic carbocycles. The summed E-state index contributed by atoms with van der Waals surface area (Å²) >= 11 is 0. The minimum Gasteiger partial charge on any atom is -0.338 e. The smallest absolute Gasteiger partial charge is 0.278 e.